The van der Waals surface area contributed by atoms with Crippen LogP contribution in [0, 0.1) is 0 Å². The number of amides is 1. The minimum absolute atomic E-state index is 0.0257. The first kappa shape index (κ1) is 16.2. The van der Waals surface area contributed by atoms with E-state index in [9.17, 15) is 18.0 Å². The molecule has 17 heavy (non-hydrogen) atoms. The molecule has 0 radical (unpaired) electrons. The Bertz CT molecular complexity index is 241. The number of halogens is 3. The summed E-state index contributed by atoms with van der Waals surface area (Å²) in [6.45, 7) is 3.84. The van der Waals surface area contributed by atoms with Crippen molar-refractivity contribution in [2.75, 3.05) is 6.54 Å². The lowest BCUT2D eigenvalue weighted by molar-refractivity contribution is -0.164. The Morgan fingerprint density at radius 2 is 1.88 bits per heavy atom. The molecule has 0 saturated carbocycles. The van der Waals surface area contributed by atoms with Crippen LogP contribution < -0.4 is 5.73 Å². The molecule has 6 heteroatoms. The minimum atomic E-state index is -4.37. The third kappa shape index (κ3) is 7.20. The number of hydrogen-bond acceptors (Lipinski definition) is 2. The molecule has 0 aromatic heterocycles. The van der Waals surface area contributed by atoms with Gasteiger partial charge in [-0.05, 0) is 20.3 Å². The van der Waals surface area contributed by atoms with E-state index in [1.807, 2.05) is 6.92 Å². The van der Waals surface area contributed by atoms with E-state index >= 15 is 0 Å². The van der Waals surface area contributed by atoms with Gasteiger partial charge in [-0.15, -0.1) is 0 Å². The van der Waals surface area contributed by atoms with Crippen LogP contribution in [0.5, 0.6) is 0 Å². The Kier molecular flexibility index (Phi) is 6.52. The summed E-state index contributed by atoms with van der Waals surface area (Å²) in [6.07, 6.45) is -2.93. The molecule has 102 valence electrons. The van der Waals surface area contributed by atoms with Crippen LogP contribution in [-0.4, -0.2) is 35.6 Å². The van der Waals surface area contributed by atoms with Gasteiger partial charge in [0.15, 0.2) is 0 Å². The molecular formula is C11H21F3N2O. The highest BCUT2D eigenvalue weighted by Gasteiger charge is 2.34. The van der Waals surface area contributed by atoms with Crippen molar-refractivity contribution in [2.24, 2.45) is 5.73 Å². The number of alkyl halides is 3. The summed E-state index contributed by atoms with van der Waals surface area (Å²) in [5, 5.41) is 0. The van der Waals surface area contributed by atoms with Crippen molar-refractivity contribution < 1.29 is 18.0 Å². The average molecular weight is 254 g/mol. The van der Waals surface area contributed by atoms with E-state index in [4.69, 9.17) is 5.73 Å². The second-order valence-corrected chi connectivity index (χ2v) is 4.48. The SMILES string of the molecule is CCCC(N)CC(=O)N(CC(F)(F)F)C(C)C. The Balaban J connectivity index is 4.45. The molecule has 1 atom stereocenters. The quantitative estimate of drug-likeness (QED) is 0.790. The molecule has 3 nitrogen and oxygen atoms in total. The van der Waals surface area contributed by atoms with E-state index in [0.29, 0.717) is 6.42 Å². The van der Waals surface area contributed by atoms with Gasteiger partial charge in [-0.1, -0.05) is 13.3 Å². The Labute approximate surface area is 100 Å². The highest BCUT2D eigenvalue weighted by Crippen LogP contribution is 2.19. The largest absolute Gasteiger partial charge is 0.406 e. The maximum atomic E-state index is 12.3. The first-order valence-corrected chi connectivity index (χ1v) is 5.79. The van der Waals surface area contributed by atoms with Crippen molar-refractivity contribution in [1.29, 1.82) is 0 Å². The van der Waals surface area contributed by atoms with Crippen LogP contribution >= 0.6 is 0 Å². The summed E-state index contributed by atoms with van der Waals surface area (Å²) in [5.41, 5.74) is 5.66. The maximum Gasteiger partial charge on any atom is 0.406 e. The predicted molar refractivity (Wildman–Crippen MR) is 60.4 cm³/mol. The van der Waals surface area contributed by atoms with Crippen LogP contribution in [0.4, 0.5) is 13.2 Å². The minimum Gasteiger partial charge on any atom is -0.331 e. The van der Waals surface area contributed by atoms with Gasteiger partial charge in [0.2, 0.25) is 5.91 Å². The summed E-state index contributed by atoms with van der Waals surface area (Å²) in [5.74, 6) is -0.529. The fraction of sp³-hybridized carbons (Fsp3) is 0.909. The molecule has 2 N–H and O–H groups in total. The van der Waals surface area contributed by atoms with Crippen LogP contribution in [0.3, 0.4) is 0 Å². The zero-order chi connectivity index (χ0) is 13.6. The fourth-order valence-electron chi connectivity index (χ4n) is 1.57. The molecule has 0 bridgehead atoms. The lowest BCUT2D eigenvalue weighted by atomic mass is 10.1. The summed E-state index contributed by atoms with van der Waals surface area (Å²) >= 11 is 0. The molecule has 0 aliphatic carbocycles. The molecule has 0 fully saturated rings. The fourth-order valence-corrected chi connectivity index (χ4v) is 1.57. The van der Waals surface area contributed by atoms with E-state index < -0.39 is 24.7 Å². The Morgan fingerprint density at radius 3 is 2.24 bits per heavy atom. The first-order valence-electron chi connectivity index (χ1n) is 5.79. The van der Waals surface area contributed by atoms with Gasteiger partial charge < -0.3 is 10.6 Å². The standard InChI is InChI=1S/C11H21F3N2O/c1-4-5-9(15)6-10(17)16(8(2)3)7-11(12,13)14/h8-9H,4-7,15H2,1-3H3. The van der Waals surface area contributed by atoms with Crippen LogP contribution in [0.25, 0.3) is 0 Å². The number of nitrogens with zero attached hydrogens (tertiary/aromatic N) is 1. The molecule has 0 aliphatic heterocycles. The maximum absolute atomic E-state index is 12.3. The molecule has 0 aromatic rings. The van der Waals surface area contributed by atoms with Crippen molar-refractivity contribution in [1.82, 2.24) is 4.90 Å². The summed E-state index contributed by atoms with van der Waals surface area (Å²) in [6, 6.07) is -0.833. The number of nitrogens with two attached hydrogens (primary N) is 1. The zero-order valence-electron chi connectivity index (χ0n) is 10.5. The number of carbonyl (C=O) groups excluding carboxylic acids is 1. The number of rotatable bonds is 6. The smallest absolute Gasteiger partial charge is 0.331 e. The van der Waals surface area contributed by atoms with E-state index in [0.717, 1.165) is 11.3 Å². The molecule has 0 aromatic carbocycles. The summed E-state index contributed by atoms with van der Waals surface area (Å²) in [4.78, 5) is 12.5. The lowest BCUT2D eigenvalue weighted by Crippen LogP contribution is -2.45. The van der Waals surface area contributed by atoms with Gasteiger partial charge in [0.1, 0.15) is 6.54 Å². The molecule has 1 amide bonds. The van der Waals surface area contributed by atoms with Gasteiger partial charge >= 0.3 is 6.18 Å². The Morgan fingerprint density at radius 1 is 1.35 bits per heavy atom. The highest BCUT2D eigenvalue weighted by molar-refractivity contribution is 5.77. The second kappa shape index (κ2) is 6.83. The van der Waals surface area contributed by atoms with Crippen molar-refractivity contribution in [3.63, 3.8) is 0 Å². The molecule has 0 saturated heterocycles. The molecule has 1 unspecified atom stereocenters. The topological polar surface area (TPSA) is 46.3 Å². The third-order valence-corrected chi connectivity index (χ3v) is 2.39. The summed E-state index contributed by atoms with van der Waals surface area (Å²) in [7, 11) is 0. The van der Waals surface area contributed by atoms with Crippen molar-refractivity contribution in [3.8, 4) is 0 Å². The first-order chi connectivity index (χ1) is 7.67. The van der Waals surface area contributed by atoms with E-state index in [-0.39, 0.29) is 12.5 Å². The van der Waals surface area contributed by atoms with Crippen LogP contribution in [-0.2, 0) is 4.79 Å². The highest BCUT2D eigenvalue weighted by atomic mass is 19.4. The van der Waals surface area contributed by atoms with Gasteiger partial charge in [0, 0.05) is 18.5 Å². The second-order valence-electron chi connectivity index (χ2n) is 4.48. The number of carbonyl (C=O) groups is 1. The van der Waals surface area contributed by atoms with Crippen molar-refractivity contribution >= 4 is 5.91 Å². The van der Waals surface area contributed by atoms with Crippen LogP contribution in [0.1, 0.15) is 40.0 Å². The zero-order valence-corrected chi connectivity index (χ0v) is 10.5. The molecule has 0 rings (SSSR count). The normalized spacial score (nSPS) is 13.9. The molecule has 0 spiro atoms. The van der Waals surface area contributed by atoms with Crippen molar-refractivity contribution in [2.45, 2.75) is 58.3 Å². The average Bonchev–Trinajstić information content (AvgIpc) is 2.12. The van der Waals surface area contributed by atoms with Gasteiger partial charge in [0.05, 0.1) is 0 Å². The van der Waals surface area contributed by atoms with Crippen LogP contribution in [0.15, 0.2) is 0 Å². The monoisotopic (exact) mass is 254 g/mol. The molecule has 0 aliphatic rings. The van der Waals surface area contributed by atoms with E-state index in [1.54, 1.807) is 13.8 Å². The van der Waals surface area contributed by atoms with E-state index in [1.165, 1.54) is 0 Å². The van der Waals surface area contributed by atoms with Gasteiger partial charge in [0.25, 0.3) is 0 Å². The molecular weight excluding hydrogens is 233 g/mol. The molecule has 0 heterocycles. The van der Waals surface area contributed by atoms with Gasteiger partial charge in [-0.25, -0.2) is 0 Å². The number of hydrogen-bond donors (Lipinski definition) is 1. The van der Waals surface area contributed by atoms with Gasteiger partial charge in [-0.3, -0.25) is 4.79 Å². The third-order valence-electron chi connectivity index (χ3n) is 2.39. The summed E-state index contributed by atoms with van der Waals surface area (Å²) < 4.78 is 36.9. The van der Waals surface area contributed by atoms with Crippen LogP contribution in [0.2, 0.25) is 0 Å². The van der Waals surface area contributed by atoms with Crippen molar-refractivity contribution in [3.05, 3.63) is 0 Å². The van der Waals surface area contributed by atoms with Gasteiger partial charge in [-0.2, -0.15) is 13.2 Å². The lowest BCUT2D eigenvalue weighted by Gasteiger charge is -2.28. The predicted octanol–water partition coefficient (Wildman–Crippen LogP) is 2.30. The Hall–Kier alpha value is -0.780. The van der Waals surface area contributed by atoms with E-state index in [2.05, 4.69) is 0 Å².